The van der Waals surface area contributed by atoms with Gasteiger partial charge in [-0.15, -0.1) is 0 Å². The molecule has 0 aromatic heterocycles. The standard InChI is InChI=1S/C11H15NO3S/c1-8-4-5-9(2)10(6-8)11(13)7-12-16(3,14)15/h4-6,12H,7H2,1-3H3. The second kappa shape index (κ2) is 4.76. The monoisotopic (exact) mass is 241 g/mol. The van der Waals surface area contributed by atoms with Crippen LogP contribution in [0.4, 0.5) is 0 Å². The first kappa shape index (κ1) is 12.9. The molecule has 88 valence electrons. The van der Waals surface area contributed by atoms with Crippen molar-refractivity contribution in [2.45, 2.75) is 13.8 Å². The van der Waals surface area contributed by atoms with E-state index >= 15 is 0 Å². The Morgan fingerprint density at radius 1 is 1.31 bits per heavy atom. The number of carbonyl (C=O) groups excluding carboxylic acids is 1. The van der Waals surface area contributed by atoms with Crippen LogP contribution in [-0.2, 0) is 10.0 Å². The highest BCUT2D eigenvalue weighted by molar-refractivity contribution is 7.88. The second-order valence-corrected chi connectivity index (χ2v) is 5.67. The summed E-state index contributed by atoms with van der Waals surface area (Å²) in [5, 5.41) is 0. The number of rotatable bonds is 4. The first-order chi connectivity index (χ1) is 7.29. The Balaban J connectivity index is 2.85. The van der Waals surface area contributed by atoms with Crippen LogP contribution in [0, 0.1) is 13.8 Å². The van der Waals surface area contributed by atoms with Crippen molar-refractivity contribution < 1.29 is 13.2 Å². The van der Waals surface area contributed by atoms with E-state index in [0.29, 0.717) is 5.56 Å². The Labute approximate surface area is 95.7 Å². The molecule has 0 spiro atoms. The molecule has 0 unspecified atom stereocenters. The van der Waals surface area contributed by atoms with Crippen molar-refractivity contribution in [3.63, 3.8) is 0 Å². The van der Waals surface area contributed by atoms with Gasteiger partial charge in [0, 0.05) is 5.56 Å². The van der Waals surface area contributed by atoms with E-state index in [-0.39, 0.29) is 12.3 Å². The van der Waals surface area contributed by atoms with Gasteiger partial charge in [-0.25, -0.2) is 13.1 Å². The molecule has 0 bridgehead atoms. The minimum absolute atomic E-state index is 0.191. The van der Waals surface area contributed by atoms with Crippen LogP contribution >= 0.6 is 0 Å². The SMILES string of the molecule is Cc1ccc(C)c(C(=O)CNS(C)(=O)=O)c1. The summed E-state index contributed by atoms with van der Waals surface area (Å²) < 4.78 is 23.9. The summed E-state index contributed by atoms with van der Waals surface area (Å²) in [5.74, 6) is -0.216. The quantitative estimate of drug-likeness (QED) is 0.801. The summed E-state index contributed by atoms with van der Waals surface area (Å²) in [6, 6.07) is 5.53. The fourth-order valence-electron chi connectivity index (χ4n) is 1.33. The molecular formula is C11H15NO3S. The molecule has 5 heteroatoms. The summed E-state index contributed by atoms with van der Waals surface area (Å²) in [6.07, 6.45) is 1.03. The second-order valence-electron chi connectivity index (χ2n) is 3.83. The van der Waals surface area contributed by atoms with Crippen molar-refractivity contribution in [2.75, 3.05) is 12.8 Å². The van der Waals surface area contributed by atoms with E-state index in [2.05, 4.69) is 4.72 Å². The number of carbonyl (C=O) groups is 1. The molecule has 16 heavy (non-hydrogen) atoms. The van der Waals surface area contributed by atoms with Gasteiger partial charge in [0.15, 0.2) is 5.78 Å². The predicted molar refractivity (Wildman–Crippen MR) is 63.1 cm³/mol. The van der Waals surface area contributed by atoms with E-state index < -0.39 is 10.0 Å². The Kier molecular flexibility index (Phi) is 3.83. The Morgan fingerprint density at radius 3 is 2.50 bits per heavy atom. The summed E-state index contributed by atoms with van der Waals surface area (Å²) >= 11 is 0. The smallest absolute Gasteiger partial charge is 0.209 e. The van der Waals surface area contributed by atoms with E-state index in [9.17, 15) is 13.2 Å². The molecule has 0 aliphatic rings. The maximum Gasteiger partial charge on any atom is 0.209 e. The Hall–Kier alpha value is -1.20. The molecule has 0 aliphatic heterocycles. The largest absolute Gasteiger partial charge is 0.293 e. The molecule has 0 amide bonds. The molecule has 0 atom stereocenters. The Morgan fingerprint density at radius 2 is 1.94 bits per heavy atom. The van der Waals surface area contributed by atoms with Gasteiger partial charge < -0.3 is 0 Å². The lowest BCUT2D eigenvalue weighted by Crippen LogP contribution is -2.28. The van der Waals surface area contributed by atoms with E-state index in [1.807, 2.05) is 26.0 Å². The van der Waals surface area contributed by atoms with Gasteiger partial charge >= 0.3 is 0 Å². The van der Waals surface area contributed by atoms with Crippen LogP contribution in [0.25, 0.3) is 0 Å². The van der Waals surface area contributed by atoms with Crippen LogP contribution in [0.3, 0.4) is 0 Å². The molecule has 0 aliphatic carbocycles. The normalized spacial score (nSPS) is 11.4. The fraction of sp³-hybridized carbons (Fsp3) is 0.364. The highest BCUT2D eigenvalue weighted by atomic mass is 32.2. The van der Waals surface area contributed by atoms with Crippen molar-refractivity contribution >= 4 is 15.8 Å². The van der Waals surface area contributed by atoms with E-state index in [4.69, 9.17) is 0 Å². The molecule has 1 rings (SSSR count). The molecule has 1 aromatic carbocycles. The molecule has 1 aromatic rings. The molecule has 0 saturated heterocycles. The number of hydrogen-bond donors (Lipinski definition) is 1. The molecule has 0 saturated carbocycles. The summed E-state index contributed by atoms with van der Waals surface area (Å²) in [7, 11) is -3.32. The maximum atomic E-state index is 11.7. The number of sulfonamides is 1. The fourth-order valence-corrected chi connectivity index (χ4v) is 1.72. The van der Waals surface area contributed by atoms with Gasteiger partial charge in [0.2, 0.25) is 10.0 Å². The number of hydrogen-bond acceptors (Lipinski definition) is 3. The third-order valence-corrected chi connectivity index (χ3v) is 2.86. The highest BCUT2D eigenvalue weighted by Gasteiger charge is 2.11. The van der Waals surface area contributed by atoms with Crippen molar-refractivity contribution in [3.05, 3.63) is 34.9 Å². The highest BCUT2D eigenvalue weighted by Crippen LogP contribution is 2.11. The average Bonchev–Trinajstić information content (AvgIpc) is 2.17. The minimum Gasteiger partial charge on any atom is -0.293 e. The molecule has 0 fully saturated rings. The predicted octanol–water partition coefficient (Wildman–Crippen LogP) is 1.04. The number of Topliss-reactive ketones (excluding diaryl/α,β-unsaturated/α-hetero) is 1. The van der Waals surface area contributed by atoms with Gasteiger partial charge in [0.25, 0.3) is 0 Å². The van der Waals surface area contributed by atoms with Gasteiger partial charge in [0.05, 0.1) is 12.8 Å². The van der Waals surface area contributed by atoms with Crippen LogP contribution in [-0.4, -0.2) is 27.0 Å². The van der Waals surface area contributed by atoms with Crippen molar-refractivity contribution in [1.29, 1.82) is 0 Å². The van der Waals surface area contributed by atoms with Crippen molar-refractivity contribution in [2.24, 2.45) is 0 Å². The van der Waals surface area contributed by atoms with Gasteiger partial charge in [-0.3, -0.25) is 4.79 Å². The lowest BCUT2D eigenvalue weighted by molar-refractivity contribution is 0.0996. The first-order valence-corrected chi connectivity index (χ1v) is 6.74. The van der Waals surface area contributed by atoms with Crippen LogP contribution in [0.15, 0.2) is 18.2 Å². The topological polar surface area (TPSA) is 63.2 Å². The lowest BCUT2D eigenvalue weighted by atomic mass is 10.0. The molecule has 4 nitrogen and oxygen atoms in total. The zero-order valence-corrected chi connectivity index (χ0v) is 10.4. The number of benzene rings is 1. The average molecular weight is 241 g/mol. The Bertz CT molecular complexity index is 506. The van der Waals surface area contributed by atoms with Gasteiger partial charge in [-0.2, -0.15) is 0 Å². The van der Waals surface area contributed by atoms with Crippen LogP contribution in [0.2, 0.25) is 0 Å². The summed E-state index contributed by atoms with van der Waals surface area (Å²) in [4.78, 5) is 11.7. The third-order valence-electron chi connectivity index (χ3n) is 2.19. The van der Waals surface area contributed by atoms with Crippen molar-refractivity contribution in [3.8, 4) is 0 Å². The zero-order chi connectivity index (χ0) is 12.3. The van der Waals surface area contributed by atoms with E-state index in [0.717, 1.165) is 17.4 Å². The van der Waals surface area contributed by atoms with Crippen molar-refractivity contribution in [1.82, 2.24) is 4.72 Å². The van der Waals surface area contributed by atoms with E-state index in [1.54, 1.807) is 6.07 Å². The molecule has 0 radical (unpaired) electrons. The van der Waals surface area contributed by atoms with Gasteiger partial charge in [-0.05, 0) is 25.5 Å². The number of ketones is 1. The van der Waals surface area contributed by atoms with Crippen LogP contribution in [0.5, 0.6) is 0 Å². The first-order valence-electron chi connectivity index (χ1n) is 4.84. The third kappa shape index (κ3) is 3.75. The lowest BCUT2D eigenvalue weighted by Gasteiger charge is -2.06. The summed E-state index contributed by atoms with van der Waals surface area (Å²) in [6.45, 7) is 3.52. The number of nitrogens with one attached hydrogen (secondary N) is 1. The number of aryl methyl sites for hydroxylation is 2. The van der Waals surface area contributed by atoms with E-state index in [1.165, 1.54) is 0 Å². The maximum absolute atomic E-state index is 11.7. The molecule has 1 N–H and O–H groups in total. The van der Waals surface area contributed by atoms with Crippen LogP contribution in [0.1, 0.15) is 21.5 Å². The summed E-state index contributed by atoms with van der Waals surface area (Å²) in [5.41, 5.74) is 2.40. The van der Waals surface area contributed by atoms with Crippen LogP contribution < -0.4 is 4.72 Å². The molecule has 0 heterocycles. The zero-order valence-electron chi connectivity index (χ0n) is 9.57. The van der Waals surface area contributed by atoms with Gasteiger partial charge in [0.1, 0.15) is 0 Å². The minimum atomic E-state index is -3.32. The van der Waals surface area contributed by atoms with Gasteiger partial charge in [-0.1, -0.05) is 17.7 Å². The molecular weight excluding hydrogens is 226 g/mol.